The van der Waals surface area contributed by atoms with E-state index in [1.54, 1.807) is 0 Å². The molecule has 4 heteroatoms. The van der Waals surface area contributed by atoms with Crippen LogP contribution in [-0.2, 0) is 19.1 Å². The molecule has 0 heterocycles. The van der Waals surface area contributed by atoms with Crippen molar-refractivity contribution in [2.75, 3.05) is 13.2 Å². The van der Waals surface area contributed by atoms with Gasteiger partial charge in [-0.15, -0.1) is 0 Å². The molecular formula is C14H26O4. The number of ether oxygens (including phenoxy) is 2. The largest absolute Gasteiger partial charge is 0.462 e. The molecule has 0 unspecified atom stereocenters. The molecule has 0 aromatic carbocycles. The summed E-state index contributed by atoms with van der Waals surface area (Å²) < 4.78 is 10.1. The molecule has 0 aromatic heterocycles. The zero-order valence-electron chi connectivity index (χ0n) is 12.0. The van der Waals surface area contributed by atoms with Crippen molar-refractivity contribution in [2.24, 2.45) is 11.8 Å². The quantitative estimate of drug-likeness (QED) is 0.471. The fourth-order valence-electron chi connectivity index (χ4n) is 1.76. The third-order valence-corrected chi connectivity index (χ3v) is 3.21. The summed E-state index contributed by atoms with van der Waals surface area (Å²) in [5.74, 6) is -0.475. The minimum absolute atomic E-state index is 0.0419. The van der Waals surface area contributed by atoms with Gasteiger partial charge in [-0.1, -0.05) is 27.7 Å². The second-order valence-electron chi connectivity index (χ2n) is 4.36. The van der Waals surface area contributed by atoms with Crippen LogP contribution in [0.2, 0.25) is 0 Å². The highest BCUT2D eigenvalue weighted by molar-refractivity contribution is 5.73. The highest BCUT2D eigenvalue weighted by atomic mass is 16.6. The van der Waals surface area contributed by atoms with Crippen molar-refractivity contribution >= 4 is 11.9 Å². The van der Waals surface area contributed by atoms with Gasteiger partial charge in [0.05, 0.1) is 11.8 Å². The second-order valence-corrected chi connectivity index (χ2v) is 4.36. The molecule has 0 saturated heterocycles. The van der Waals surface area contributed by atoms with Gasteiger partial charge in [0.25, 0.3) is 0 Å². The Balaban J connectivity index is 3.79. The minimum Gasteiger partial charge on any atom is -0.462 e. The molecule has 106 valence electrons. The van der Waals surface area contributed by atoms with E-state index in [2.05, 4.69) is 0 Å². The molecule has 0 aliphatic rings. The van der Waals surface area contributed by atoms with E-state index in [0.717, 1.165) is 25.7 Å². The normalized spacial score (nSPS) is 10.8. The molecule has 0 bridgehead atoms. The summed E-state index contributed by atoms with van der Waals surface area (Å²) in [5, 5.41) is 0. The van der Waals surface area contributed by atoms with Crippen LogP contribution >= 0.6 is 0 Å². The van der Waals surface area contributed by atoms with E-state index in [4.69, 9.17) is 9.47 Å². The van der Waals surface area contributed by atoms with Crippen molar-refractivity contribution in [1.29, 1.82) is 0 Å². The first kappa shape index (κ1) is 16.9. The smallest absolute Gasteiger partial charge is 0.309 e. The standard InChI is InChI=1S/C14H26O4/c1-5-11(6-2)13(15)17-9-10-18-14(16)12(7-3)8-4/h11-12H,5-10H2,1-4H3. The number of hydrogen-bond acceptors (Lipinski definition) is 4. The molecule has 4 nitrogen and oxygen atoms in total. The summed E-state index contributed by atoms with van der Waals surface area (Å²) in [6.07, 6.45) is 3.12. The van der Waals surface area contributed by atoms with Crippen molar-refractivity contribution in [3.63, 3.8) is 0 Å². The van der Waals surface area contributed by atoms with Gasteiger partial charge in [0.15, 0.2) is 0 Å². The van der Waals surface area contributed by atoms with Crippen LogP contribution < -0.4 is 0 Å². The molecular weight excluding hydrogens is 232 g/mol. The maximum Gasteiger partial charge on any atom is 0.309 e. The van der Waals surface area contributed by atoms with E-state index in [-0.39, 0.29) is 37.0 Å². The zero-order chi connectivity index (χ0) is 14.0. The number of carbonyl (C=O) groups excluding carboxylic acids is 2. The van der Waals surface area contributed by atoms with E-state index in [1.807, 2.05) is 27.7 Å². The van der Waals surface area contributed by atoms with Crippen LogP contribution in [0, 0.1) is 11.8 Å². The van der Waals surface area contributed by atoms with Crippen LogP contribution in [0.4, 0.5) is 0 Å². The summed E-state index contributed by atoms with van der Waals surface area (Å²) in [4.78, 5) is 23.1. The minimum atomic E-state index is -0.196. The van der Waals surface area contributed by atoms with Gasteiger partial charge >= 0.3 is 11.9 Å². The van der Waals surface area contributed by atoms with E-state index in [0.29, 0.717) is 0 Å². The molecule has 0 rings (SSSR count). The van der Waals surface area contributed by atoms with Crippen molar-refractivity contribution < 1.29 is 19.1 Å². The van der Waals surface area contributed by atoms with E-state index in [9.17, 15) is 9.59 Å². The number of rotatable bonds is 9. The Morgan fingerprint density at radius 2 is 1.00 bits per heavy atom. The fourth-order valence-corrected chi connectivity index (χ4v) is 1.76. The molecule has 18 heavy (non-hydrogen) atoms. The monoisotopic (exact) mass is 258 g/mol. The van der Waals surface area contributed by atoms with Crippen LogP contribution in [0.15, 0.2) is 0 Å². The number of carbonyl (C=O) groups is 2. The van der Waals surface area contributed by atoms with Crippen LogP contribution in [0.25, 0.3) is 0 Å². The van der Waals surface area contributed by atoms with Crippen molar-refractivity contribution in [3.05, 3.63) is 0 Å². The van der Waals surface area contributed by atoms with E-state index < -0.39 is 0 Å². The Morgan fingerprint density at radius 1 is 0.722 bits per heavy atom. The fraction of sp³-hybridized carbons (Fsp3) is 0.857. The first-order chi connectivity index (χ1) is 8.60. The van der Waals surface area contributed by atoms with Crippen molar-refractivity contribution in [1.82, 2.24) is 0 Å². The Bertz CT molecular complexity index is 216. The Morgan fingerprint density at radius 3 is 1.22 bits per heavy atom. The first-order valence-corrected chi connectivity index (χ1v) is 6.93. The highest BCUT2D eigenvalue weighted by Gasteiger charge is 2.17. The molecule has 0 saturated carbocycles. The van der Waals surface area contributed by atoms with Gasteiger partial charge in [0.1, 0.15) is 13.2 Å². The lowest BCUT2D eigenvalue weighted by Gasteiger charge is -2.14. The van der Waals surface area contributed by atoms with Crippen LogP contribution in [0.3, 0.4) is 0 Å². The average molecular weight is 258 g/mol. The third kappa shape index (κ3) is 6.03. The average Bonchev–Trinajstić information content (AvgIpc) is 2.37. The predicted molar refractivity (Wildman–Crippen MR) is 70.1 cm³/mol. The molecule has 0 spiro atoms. The Hall–Kier alpha value is -1.06. The summed E-state index contributed by atoms with van der Waals surface area (Å²) in [5.41, 5.74) is 0. The molecule has 0 aliphatic carbocycles. The third-order valence-electron chi connectivity index (χ3n) is 3.21. The van der Waals surface area contributed by atoms with Gasteiger partial charge < -0.3 is 9.47 Å². The lowest BCUT2D eigenvalue weighted by molar-refractivity contribution is -0.157. The van der Waals surface area contributed by atoms with Crippen LogP contribution in [0.1, 0.15) is 53.4 Å². The predicted octanol–water partition coefficient (Wildman–Crippen LogP) is 2.95. The topological polar surface area (TPSA) is 52.6 Å². The van der Waals surface area contributed by atoms with Crippen LogP contribution in [-0.4, -0.2) is 25.2 Å². The second kappa shape index (κ2) is 9.92. The van der Waals surface area contributed by atoms with Gasteiger partial charge in [0, 0.05) is 0 Å². The molecule has 0 aromatic rings. The lowest BCUT2D eigenvalue weighted by atomic mass is 10.0. The summed E-state index contributed by atoms with van der Waals surface area (Å²) in [7, 11) is 0. The zero-order valence-corrected chi connectivity index (χ0v) is 12.0. The van der Waals surface area contributed by atoms with E-state index in [1.165, 1.54) is 0 Å². The summed E-state index contributed by atoms with van der Waals surface area (Å²) in [6, 6.07) is 0. The van der Waals surface area contributed by atoms with Gasteiger partial charge in [0.2, 0.25) is 0 Å². The number of hydrogen-bond donors (Lipinski definition) is 0. The molecule has 0 radical (unpaired) electrons. The molecule has 0 amide bonds. The molecule has 0 atom stereocenters. The molecule has 0 aliphatic heterocycles. The molecule has 0 N–H and O–H groups in total. The maximum atomic E-state index is 11.5. The first-order valence-electron chi connectivity index (χ1n) is 6.93. The SMILES string of the molecule is CCC(CC)C(=O)OCCOC(=O)C(CC)CC. The highest BCUT2D eigenvalue weighted by Crippen LogP contribution is 2.11. The molecule has 0 fully saturated rings. The van der Waals surface area contributed by atoms with Crippen molar-refractivity contribution in [3.8, 4) is 0 Å². The van der Waals surface area contributed by atoms with Gasteiger partial charge in [-0.05, 0) is 25.7 Å². The summed E-state index contributed by atoms with van der Waals surface area (Å²) >= 11 is 0. The lowest BCUT2D eigenvalue weighted by Crippen LogP contribution is -2.22. The maximum absolute atomic E-state index is 11.5. The van der Waals surface area contributed by atoms with Gasteiger partial charge in [-0.2, -0.15) is 0 Å². The Kier molecular flexibility index (Phi) is 9.33. The van der Waals surface area contributed by atoms with Crippen LogP contribution in [0.5, 0.6) is 0 Å². The van der Waals surface area contributed by atoms with Crippen molar-refractivity contribution in [2.45, 2.75) is 53.4 Å². The van der Waals surface area contributed by atoms with E-state index >= 15 is 0 Å². The van der Waals surface area contributed by atoms with Gasteiger partial charge in [-0.25, -0.2) is 0 Å². The summed E-state index contributed by atoms with van der Waals surface area (Å²) in [6.45, 7) is 8.15. The number of esters is 2. The Labute approximate surface area is 110 Å². The van der Waals surface area contributed by atoms with Gasteiger partial charge in [-0.3, -0.25) is 9.59 Å².